The number of hydrogen-bond donors (Lipinski definition) is 3. The lowest BCUT2D eigenvalue weighted by molar-refractivity contribution is -0.121. The van der Waals surface area contributed by atoms with Crippen LogP contribution in [0.2, 0.25) is 0 Å². The maximum absolute atomic E-state index is 11.5. The predicted molar refractivity (Wildman–Crippen MR) is 85.6 cm³/mol. The molecular formula is C15H22ClN3O2. The average molecular weight is 312 g/mol. The number of carbonyl (C=O) groups is 2. The van der Waals surface area contributed by atoms with Gasteiger partial charge >= 0.3 is 0 Å². The number of anilines is 1. The minimum absolute atomic E-state index is 0. The first-order valence-corrected chi connectivity index (χ1v) is 7.07. The Labute approximate surface area is 131 Å². The van der Waals surface area contributed by atoms with E-state index >= 15 is 0 Å². The molecular weight excluding hydrogens is 290 g/mol. The molecule has 0 unspecified atom stereocenters. The summed E-state index contributed by atoms with van der Waals surface area (Å²) >= 11 is 0. The van der Waals surface area contributed by atoms with E-state index in [0.29, 0.717) is 25.9 Å². The fourth-order valence-corrected chi connectivity index (χ4v) is 2.31. The summed E-state index contributed by atoms with van der Waals surface area (Å²) in [6.07, 6.45) is 3.47. The molecule has 1 aliphatic rings. The van der Waals surface area contributed by atoms with E-state index in [1.54, 1.807) is 0 Å². The van der Waals surface area contributed by atoms with Crippen molar-refractivity contribution in [2.24, 2.45) is 5.73 Å². The molecule has 1 heterocycles. The molecule has 5 nitrogen and oxygen atoms in total. The Morgan fingerprint density at radius 3 is 2.90 bits per heavy atom. The molecule has 0 atom stereocenters. The van der Waals surface area contributed by atoms with Crippen molar-refractivity contribution in [2.75, 3.05) is 18.4 Å². The molecule has 2 amide bonds. The van der Waals surface area contributed by atoms with Crippen LogP contribution in [-0.4, -0.2) is 24.9 Å². The minimum atomic E-state index is 0. The van der Waals surface area contributed by atoms with Gasteiger partial charge in [-0.3, -0.25) is 9.59 Å². The van der Waals surface area contributed by atoms with Crippen molar-refractivity contribution in [3.05, 3.63) is 29.3 Å². The highest BCUT2D eigenvalue weighted by atomic mass is 35.5. The Bertz CT molecular complexity index is 506. The number of benzene rings is 1. The van der Waals surface area contributed by atoms with Crippen LogP contribution in [0.15, 0.2) is 18.2 Å². The van der Waals surface area contributed by atoms with Crippen LogP contribution >= 0.6 is 12.4 Å². The van der Waals surface area contributed by atoms with Gasteiger partial charge in [0.05, 0.1) is 6.42 Å². The second kappa shape index (κ2) is 8.64. The highest BCUT2D eigenvalue weighted by molar-refractivity contribution is 5.99. The lowest BCUT2D eigenvalue weighted by Gasteiger charge is -2.06. The third kappa shape index (κ3) is 5.36. The molecule has 116 valence electrons. The van der Waals surface area contributed by atoms with E-state index in [2.05, 4.69) is 16.7 Å². The van der Waals surface area contributed by atoms with Gasteiger partial charge in [-0.2, -0.15) is 0 Å². The summed E-state index contributed by atoms with van der Waals surface area (Å²) in [5.74, 6) is 0.132. The van der Waals surface area contributed by atoms with Gasteiger partial charge in [-0.05, 0) is 43.0 Å². The summed E-state index contributed by atoms with van der Waals surface area (Å²) in [7, 11) is 0. The zero-order valence-corrected chi connectivity index (χ0v) is 12.8. The van der Waals surface area contributed by atoms with E-state index in [9.17, 15) is 9.59 Å². The summed E-state index contributed by atoms with van der Waals surface area (Å²) in [5.41, 5.74) is 8.51. The summed E-state index contributed by atoms with van der Waals surface area (Å²) in [6, 6.07) is 6.01. The number of nitrogens with one attached hydrogen (secondary N) is 2. The van der Waals surface area contributed by atoms with Gasteiger partial charge in [0.2, 0.25) is 11.8 Å². The average Bonchev–Trinajstić information content (AvgIpc) is 2.78. The fourth-order valence-electron chi connectivity index (χ4n) is 2.31. The van der Waals surface area contributed by atoms with E-state index in [0.717, 1.165) is 30.5 Å². The maximum Gasteiger partial charge on any atom is 0.228 e. The van der Waals surface area contributed by atoms with Gasteiger partial charge < -0.3 is 16.4 Å². The SMILES string of the molecule is Cl.NCCCNC(=O)CCCc1ccc2c(c1)CC(=O)N2. The number of amides is 2. The number of halogens is 1. The first-order valence-electron chi connectivity index (χ1n) is 7.07. The van der Waals surface area contributed by atoms with Crippen LogP contribution in [0.4, 0.5) is 5.69 Å². The fraction of sp³-hybridized carbons (Fsp3) is 0.467. The Balaban J connectivity index is 0.00000220. The Hall–Kier alpha value is -1.59. The second-order valence-electron chi connectivity index (χ2n) is 5.06. The van der Waals surface area contributed by atoms with E-state index < -0.39 is 0 Å². The Morgan fingerprint density at radius 2 is 2.14 bits per heavy atom. The molecule has 0 spiro atoms. The molecule has 0 bridgehead atoms. The minimum Gasteiger partial charge on any atom is -0.356 e. The molecule has 0 radical (unpaired) electrons. The smallest absolute Gasteiger partial charge is 0.228 e. The zero-order valence-electron chi connectivity index (χ0n) is 12.0. The molecule has 1 aromatic rings. The molecule has 1 aliphatic heterocycles. The monoisotopic (exact) mass is 311 g/mol. The largest absolute Gasteiger partial charge is 0.356 e. The van der Waals surface area contributed by atoms with Gasteiger partial charge in [0.25, 0.3) is 0 Å². The molecule has 0 aliphatic carbocycles. The van der Waals surface area contributed by atoms with Crippen molar-refractivity contribution in [3.63, 3.8) is 0 Å². The number of fused-ring (bicyclic) bond motifs is 1. The van der Waals surface area contributed by atoms with Crippen molar-refractivity contribution < 1.29 is 9.59 Å². The van der Waals surface area contributed by atoms with E-state index in [-0.39, 0.29) is 24.2 Å². The third-order valence-corrected chi connectivity index (χ3v) is 3.37. The van der Waals surface area contributed by atoms with Gasteiger partial charge in [0, 0.05) is 18.7 Å². The summed E-state index contributed by atoms with van der Waals surface area (Å²) in [4.78, 5) is 22.8. The molecule has 0 saturated carbocycles. The Kier molecular flexibility index (Phi) is 7.19. The summed E-state index contributed by atoms with van der Waals surface area (Å²) < 4.78 is 0. The predicted octanol–water partition coefficient (Wildman–Crippen LogP) is 1.39. The topological polar surface area (TPSA) is 84.2 Å². The van der Waals surface area contributed by atoms with E-state index in [1.165, 1.54) is 5.56 Å². The van der Waals surface area contributed by atoms with Crippen molar-refractivity contribution >= 4 is 29.9 Å². The lowest BCUT2D eigenvalue weighted by Crippen LogP contribution is -2.25. The van der Waals surface area contributed by atoms with Crippen LogP contribution in [0, 0.1) is 0 Å². The first-order chi connectivity index (χ1) is 9.69. The molecule has 0 saturated heterocycles. The maximum atomic E-state index is 11.5. The number of nitrogens with two attached hydrogens (primary N) is 1. The quantitative estimate of drug-likeness (QED) is 0.665. The second-order valence-corrected chi connectivity index (χ2v) is 5.06. The van der Waals surface area contributed by atoms with E-state index in [1.807, 2.05) is 12.1 Å². The third-order valence-electron chi connectivity index (χ3n) is 3.37. The molecule has 2 rings (SSSR count). The van der Waals surface area contributed by atoms with Crippen LogP contribution in [0.3, 0.4) is 0 Å². The van der Waals surface area contributed by atoms with Gasteiger partial charge in [0.15, 0.2) is 0 Å². The molecule has 21 heavy (non-hydrogen) atoms. The van der Waals surface area contributed by atoms with Gasteiger partial charge in [0.1, 0.15) is 0 Å². The van der Waals surface area contributed by atoms with Gasteiger partial charge in [-0.25, -0.2) is 0 Å². The molecule has 4 N–H and O–H groups in total. The number of aryl methyl sites for hydroxylation is 1. The number of rotatable bonds is 7. The molecule has 6 heteroatoms. The van der Waals surface area contributed by atoms with Crippen LogP contribution in [-0.2, 0) is 22.4 Å². The molecule has 1 aromatic carbocycles. The van der Waals surface area contributed by atoms with Crippen LogP contribution in [0.5, 0.6) is 0 Å². The van der Waals surface area contributed by atoms with E-state index in [4.69, 9.17) is 5.73 Å². The van der Waals surface area contributed by atoms with Crippen molar-refractivity contribution in [2.45, 2.75) is 32.1 Å². The van der Waals surface area contributed by atoms with Gasteiger partial charge in [-0.1, -0.05) is 12.1 Å². The molecule has 0 fully saturated rings. The Morgan fingerprint density at radius 1 is 1.33 bits per heavy atom. The zero-order chi connectivity index (χ0) is 14.4. The number of hydrogen-bond acceptors (Lipinski definition) is 3. The normalized spacial score (nSPS) is 12.3. The van der Waals surface area contributed by atoms with Crippen molar-refractivity contribution in [1.82, 2.24) is 5.32 Å². The molecule has 0 aromatic heterocycles. The standard InChI is InChI=1S/C15H21N3O2.ClH/c16-7-2-8-17-14(19)4-1-3-11-5-6-13-12(9-11)10-15(20)18-13;/h5-6,9H,1-4,7-8,10,16H2,(H,17,19)(H,18,20);1H. The summed E-state index contributed by atoms with van der Waals surface area (Å²) in [5, 5.41) is 5.66. The highest BCUT2D eigenvalue weighted by Gasteiger charge is 2.17. The first kappa shape index (κ1) is 17.5. The van der Waals surface area contributed by atoms with Crippen molar-refractivity contribution in [1.29, 1.82) is 0 Å². The van der Waals surface area contributed by atoms with Crippen LogP contribution in [0.1, 0.15) is 30.4 Å². The van der Waals surface area contributed by atoms with Crippen LogP contribution in [0.25, 0.3) is 0 Å². The summed E-state index contributed by atoms with van der Waals surface area (Å²) in [6.45, 7) is 1.25. The highest BCUT2D eigenvalue weighted by Crippen LogP contribution is 2.24. The van der Waals surface area contributed by atoms with Crippen LogP contribution < -0.4 is 16.4 Å². The lowest BCUT2D eigenvalue weighted by atomic mass is 10.0. The van der Waals surface area contributed by atoms with Gasteiger partial charge in [-0.15, -0.1) is 12.4 Å². The van der Waals surface area contributed by atoms with Crippen molar-refractivity contribution in [3.8, 4) is 0 Å². The number of carbonyl (C=O) groups excluding carboxylic acids is 2.